The first-order chi connectivity index (χ1) is 9.78. The molecule has 2 aromatic carbocycles. The van der Waals surface area contributed by atoms with Gasteiger partial charge in [0.05, 0.1) is 0 Å². The Kier molecular flexibility index (Phi) is 4.11. The Morgan fingerprint density at radius 1 is 1.10 bits per heavy atom. The van der Waals surface area contributed by atoms with Crippen LogP contribution in [0.3, 0.4) is 0 Å². The smallest absolute Gasteiger partial charge is 0.0432 e. The topological polar surface area (TPSA) is 3.24 Å². The van der Waals surface area contributed by atoms with E-state index in [9.17, 15) is 0 Å². The molecule has 2 heteroatoms. The molecule has 0 spiro atoms. The highest BCUT2D eigenvalue weighted by molar-refractivity contribution is 9.08. The third kappa shape index (κ3) is 2.76. The third-order valence-electron chi connectivity index (χ3n) is 4.19. The van der Waals surface area contributed by atoms with E-state index in [0.29, 0.717) is 0 Å². The number of fused-ring (bicyclic) bond motifs is 1. The molecule has 0 radical (unpaired) electrons. The van der Waals surface area contributed by atoms with Crippen molar-refractivity contribution in [3.63, 3.8) is 0 Å². The summed E-state index contributed by atoms with van der Waals surface area (Å²) in [4.78, 5) is 2.51. The molecule has 0 bridgehead atoms. The van der Waals surface area contributed by atoms with E-state index < -0.39 is 0 Å². The molecule has 2 aromatic rings. The van der Waals surface area contributed by atoms with Crippen LogP contribution >= 0.6 is 15.9 Å². The second-order valence-corrected chi connectivity index (χ2v) is 6.10. The highest BCUT2D eigenvalue weighted by Gasteiger charge is 2.14. The Labute approximate surface area is 129 Å². The molecule has 0 aliphatic carbocycles. The summed E-state index contributed by atoms with van der Waals surface area (Å²) >= 11 is 3.55. The Morgan fingerprint density at radius 2 is 1.90 bits per heavy atom. The van der Waals surface area contributed by atoms with E-state index in [1.54, 1.807) is 0 Å². The largest absolute Gasteiger partial charge is 0.367 e. The number of aryl methyl sites for hydroxylation is 2. The number of nitrogens with zero attached hydrogens (tertiary/aromatic N) is 1. The Balaban J connectivity index is 1.89. The van der Waals surface area contributed by atoms with Gasteiger partial charge in [0.1, 0.15) is 0 Å². The maximum atomic E-state index is 3.55. The van der Waals surface area contributed by atoms with Crippen molar-refractivity contribution < 1.29 is 0 Å². The van der Waals surface area contributed by atoms with Gasteiger partial charge in [-0.05, 0) is 54.2 Å². The molecule has 1 heterocycles. The molecule has 3 rings (SSSR count). The number of hydrogen-bond acceptors (Lipinski definition) is 1. The van der Waals surface area contributed by atoms with Crippen LogP contribution in [0.5, 0.6) is 0 Å². The van der Waals surface area contributed by atoms with E-state index in [-0.39, 0.29) is 0 Å². The minimum Gasteiger partial charge on any atom is -0.367 e. The number of benzene rings is 2. The van der Waals surface area contributed by atoms with Crippen molar-refractivity contribution in [3.05, 3.63) is 64.7 Å². The molecule has 0 N–H and O–H groups in total. The van der Waals surface area contributed by atoms with Gasteiger partial charge in [0, 0.05) is 24.1 Å². The molecule has 0 amide bonds. The summed E-state index contributed by atoms with van der Waals surface area (Å²) in [5, 5.41) is 0.932. The molecule has 0 atom stereocenters. The highest BCUT2D eigenvalue weighted by Crippen LogP contribution is 2.26. The van der Waals surface area contributed by atoms with Gasteiger partial charge in [-0.2, -0.15) is 0 Å². The first-order valence-electron chi connectivity index (χ1n) is 7.25. The Hall–Kier alpha value is -1.28. The fourth-order valence-corrected chi connectivity index (χ4v) is 3.58. The van der Waals surface area contributed by atoms with E-state index in [0.717, 1.165) is 18.4 Å². The van der Waals surface area contributed by atoms with Crippen LogP contribution in [0.15, 0.2) is 42.5 Å². The predicted molar refractivity (Wildman–Crippen MR) is 89.6 cm³/mol. The molecule has 0 unspecified atom stereocenters. The van der Waals surface area contributed by atoms with Crippen molar-refractivity contribution in [2.75, 3.05) is 11.4 Å². The van der Waals surface area contributed by atoms with Crippen LogP contribution in [-0.4, -0.2) is 6.54 Å². The van der Waals surface area contributed by atoms with Crippen molar-refractivity contribution >= 4 is 21.6 Å². The molecule has 0 saturated heterocycles. The zero-order valence-electron chi connectivity index (χ0n) is 11.9. The minimum atomic E-state index is 0.932. The summed E-state index contributed by atoms with van der Waals surface area (Å²) in [6, 6.07) is 15.7. The number of anilines is 1. The van der Waals surface area contributed by atoms with Gasteiger partial charge >= 0.3 is 0 Å². The van der Waals surface area contributed by atoms with Gasteiger partial charge in [0.25, 0.3) is 0 Å². The van der Waals surface area contributed by atoms with Crippen LogP contribution in [0, 0.1) is 6.92 Å². The maximum Gasteiger partial charge on any atom is 0.0432 e. The molecular weight excluding hydrogens is 310 g/mol. The summed E-state index contributed by atoms with van der Waals surface area (Å²) in [6.45, 7) is 4.37. The first-order valence-corrected chi connectivity index (χ1v) is 8.37. The van der Waals surface area contributed by atoms with Crippen LogP contribution in [0.1, 0.15) is 28.7 Å². The lowest BCUT2D eigenvalue weighted by atomic mass is 10.0. The maximum absolute atomic E-state index is 3.55. The zero-order chi connectivity index (χ0) is 13.9. The van der Waals surface area contributed by atoms with Crippen molar-refractivity contribution in [2.45, 2.75) is 31.6 Å². The normalized spacial score (nSPS) is 14.8. The van der Waals surface area contributed by atoms with Gasteiger partial charge in [-0.3, -0.25) is 0 Å². The first kappa shape index (κ1) is 13.7. The van der Waals surface area contributed by atoms with Crippen LogP contribution < -0.4 is 4.90 Å². The van der Waals surface area contributed by atoms with Crippen molar-refractivity contribution in [1.29, 1.82) is 0 Å². The minimum absolute atomic E-state index is 0.932. The van der Waals surface area contributed by atoms with Crippen LogP contribution in [0.2, 0.25) is 0 Å². The quantitative estimate of drug-likeness (QED) is 0.712. The summed E-state index contributed by atoms with van der Waals surface area (Å²) in [7, 11) is 0. The zero-order valence-corrected chi connectivity index (χ0v) is 13.5. The van der Waals surface area contributed by atoms with Crippen LogP contribution in [-0.2, 0) is 18.3 Å². The van der Waals surface area contributed by atoms with Gasteiger partial charge in [0.15, 0.2) is 0 Å². The SMILES string of the molecule is Cc1cc(N2CCCc3ccccc3C2)ccc1CBr. The van der Waals surface area contributed by atoms with Gasteiger partial charge in [-0.25, -0.2) is 0 Å². The second kappa shape index (κ2) is 6.01. The summed E-state index contributed by atoms with van der Waals surface area (Å²) < 4.78 is 0. The summed E-state index contributed by atoms with van der Waals surface area (Å²) in [5.41, 5.74) is 7.10. The Morgan fingerprint density at radius 3 is 2.65 bits per heavy atom. The number of halogens is 1. The highest BCUT2D eigenvalue weighted by atomic mass is 79.9. The molecule has 20 heavy (non-hydrogen) atoms. The molecule has 0 fully saturated rings. The standard InChI is InChI=1S/C18H20BrN/c1-14-11-18(9-8-16(14)12-19)20-10-4-7-15-5-2-3-6-17(15)13-20/h2-3,5-6,8-9,11H,4,7,10,12-13H2,1H3. The monoisotopic (exact) mass is 329 g/mol. The lowest BCUT2D eigenvalue weighted by Crippen LogP contribution is -2.22. The average molecular weight is 330 g/mol. The van der Waals surface area contributed by atoms with E-state index in [1.165, 1.54) is 40.8 Å². The Bertz CT molecular complexity index is 606. The lowest BCUT2D eigenvalue weighted by molar-refractivity contribution is 0.765. The lowest BCUT2D eigenvalue weighted by Gasteiger charge is -2.24. The van der Waals surface area contributed by atoms with E-state index in [1.807, 2.05) is 0 Å². The van der Waals surface area contributed by atoms with Crippen molar-refractivity contribution in [3.8, 4) is 0 Å². The molecule has 1 aliphatic heterocycles. The molecule has 0 saturated carbocycles. The van der Waals surface area contributed by atoms with Gasteiger partial charge in [-0.15, -0.1) is 0 Å². The molecule has 104 valence electrons. The van der Waals surface area contributed by atoms with E-state index >= 15 is 0 Å². The number of rotatable bonds is 2. The van der Waals surface area contributed by atoms with Gasteiger partial charge < -0.3 is 4.90 Å². The number of hydrogen-bond donors (Lipinski definition) is 0. The molecule has 1 aliphatic rings. The van der Waals surface area contributed by atoms with Crippen LogP contribution in [0.4, 0.5) is 5.69 Å². The average Bonchev–Trinajstić information content (AvgIpc) is 2.69. The predicted octanol–water partition coefficient (Wildman–Crippen LogP) is 4.84. The second-order valence-electron chi connectivity index (χ2n) is 5.54. The fourth-order valence-electron chi connectivity index (χ4n) is 2.95. The summed E-state index contributed by atoms with van der Waals surface area (Å²) in [5.74, 6) is 0. The van der Waals surface area contributed by atoms with Crippen molar-refractivity contribution in [2.24, 2.45) is 0 Å². The van der Waals surface area contributed by atoms with Gasteiger partial charge in [0.2, 0.25) is 0 Å². The van der Waals surface area contributed by atoms with Crippen LogP contribution in [0.25, 0.3) is 0 Å². The molecule has 0 aromatic heterocycles. The summed E-state index contributed by atoms with van der Waals surface area (Å²) in [6.07, 6.45) is 2.43. The third-order valence-corrected chi connectivity index (χ3v) is 4.79. The van der Waals surface area contributed by atoms with E-state index in [2.05, 4.69) is 70.2 Å². The van der Waals surface area contributed by atoms with E-state index in [4.69, 9.17) is 0 Å². The number of alkyl halides is 1. The molecule has 1 nitrogen and oxygen atoms in total. The molecular formula is C18H20BrN. The van der Waals surface area contributed by atoms with Crippen molar-refractivity contribution in [1.82, 2.24) is 0 Å². The van der Waals surface area contributed by atoms with Gasteiger partial charge in [-0.1, -0.05) is 46.3 Å². The fraction of sp³-hybridized carbons (Fsp3) is 0.333.